The summed E-state index contributed by atoms with van der Waals surface area (Å²) in [6.45, 7) is 0.385. The van der Waals surface area contributed by atoms with Gasteiger partial charge in [-0.15, -0.1) is 0 Å². The molecular weight excluding hydrogens is 373 g/mol. The van der Waals surface area contributed by atoms with Crippen molar-refractivity contribution < 1.29 is 14.3 Å². The van der Waals surface area contributed by atoms with Gasteiger partial charge < -0.3 is 5.11 Å². The number of anilines is 1. The van der Waals surface area contributed by atoms with Crippen molar-refractivity contribution in [3.05, 3.63) is 77.5 Å². The van der Waals surface area contributed by atoms with E-state index in [0.29, 0.717) is 25.2 Å². The van der Waals surface area contributed by atoms with E-state index in [1.54, 1.807) is 13.2 Å². The van der Waals surface area contributed by atoms with Crippen molar-refractivity contribution in [2.75, 3.05) is 11.9 Å². The van der Waals surface area contributed by atoms with Gasteiger partial charge in [0, 0.05) is 13.2 Å². The molecule has 2 atom stereocenters. The maximum atomic E-state index is 14.4. The molecule has 0 radical (unpaired) electrons. The molecule has 4 rings (SSSR count). The van der Waals surface area contributed by atoms with E-state index in [-0.39, 0.29) is 11.6 Å². The van der Waals surface area contributed by atoms with Crippen LogP contribution < -0.4 is 10.2 Å². The predicted octanol–water partition coefficient (Wildman–Crippen LogP) is 2.02. The number of nitrogens with one attached hydrogen (secondary N) is 1. The van der Waals surface area contributed by atoms with Crippen molar-refractivity contribution in [3.8, 4) is 0 Å². The number of aliphatic hydroxyl groups is 1. The maximum Gasteiger partial charge on any atom is 0.245 e. The van der Waals surface area contributed by atoms with E-state index in [9.17, 15) is 14.3 Å². The molecule has 0 saturated carbocycles. The number of hydrogen-bond acceptors (Lipinski definition) is 5. The largest absolute Gasteiger partial charge is 0.372 e. The normalized spacial score (nSPS) is 17.7. The molecule has 0 bridgehead atoms. The van der Waals surface area contributed by atoms with E-state index in [4.69, 9.17) is 0 Å². The smallest absolute Gasteiger partial charge is 0.245 e. The lowest BCUT2D eigenvalue weighted by Gasteiger charge is -2.23. The molecule has 1 aliphatic rings. The number of hydrogen-bond donors (Lipinski definition) is 2. The van der Waals surface area contributed by atoms with E-state index in [0.717, 1.165) is 11.1 Å². The predicted molar refractivity (Wildman–Crippen MR) is 106 cm³/mol. The Morgan fingerprint density at radius 3 is 2.86 bits per heavy atom. The molecule has 2 aromatic heterocycles. The third kappa shape index (κ3) is 4.03. The zero-order valence-electron chi connectivity index (χ0n) is 16.0. The zero-order valence-corrected chi connectivity index (χ0v) is 16.0. The molecule has 1 aromatic carbocycles. The van der Waals surface area contributed by atoms with Crippen LogP contribution >= 0.6 is 0 Å². The molecule has 29 heavy (non-hydrogen) atoms. The number of aliphatic hydroxyl groups excluding tert-OH is 1. The van der Waals surface area contributed by atoms with E-state index < -0.39 is 18.1 Å². The summed E-state index contributed by atoms with van der Waals surface area (Å²) in [6.07, 6.45) is 2.57. The number of aromatic nitrogens is 3. The lowest BCUT2D eigenvalue weighted by Crippen LogP contribution is -2.46. The Labute approximate surface area is 167 Å². The molecular formula is C21H22FN5O2. The summed E-state index contributed by atoms with van der Waals surface area (Å²) in [7, 11) is 1.65. The minimum atomic E-state index is -1.40. The van der Waals surface area contributed by atoms with Crippen LogP contribution in [0.1, 0.15) is 29.5 Å². The van der Waals surface area contributed by atoms with Gasteiger partial charge in [-0.3, -0.25) is 19.7 Å². The second kappa shape index (κ2) is 8.10. The summed E-state index contributed by atoms with van der Waals surface area (Å²) in [5.74, 6) is -0.249. The molecule has 8 heteroatoms. The maximum absolute atomic E-state index is 14.4. The summed E-state index contributed by atoms with van der Waals surface area (Å²) in [4.78, 5) is 18.5. The van der Waals surface area contributed by atoms with Crippen molar-refractivity contribution in [2.24, 2.45) is 0 Å². The van der Waals surface area contributed by atoms with E-state index in [1.165, 1.54) is 15.8 Å². The molecule has 150 valence electrons. The monoisotopic (exact) mass is 395 g/mol. The Hall–Kier alpha value is -3.10. The van der Waals surface area contributed by atoms with Crippen LogP contribution in [0.25, 0.3) is 0 Å². The first kappa shape index (κ1) is 19.2. The summed E-state index contributed by atoms with van der Waals surface area (Å²) in [5.41, 5.74) is 1.80. The molecule has 3 heterocycles. The van der Waals surface area contributed by atoms with Crippen LogP contribution in [-0.2, 0) is 17.8 Å². The van der Waals surface area contributed by atoms with Crippen LogP contribution in [0.15, 0.2) is 54.9 Å². The van der Waals surface area contributed by atoms with E-state index in [1.807, 2.05) is 42.5 Å². The molecule has 3 aromatic rings. The number of pyridine rings is 1. The highest BCUT2D eigenvalue weighted by Crippen LogP contribution is 2.24. The second-order valence-corrected chi connectivity index (χ2v) is 7.09. The van der Waals surface area contributed by atoms with Crippen molar-refractivity contribution in [3.63, 3.8) is 0 Å². The Kier molecular flexibility index (Phi) is 5.37. The standard InChI is InChI=1S/C21H22FN5O2/c1-26-19-15(8-5-11-23-19)9-10-17(21(26)29)24-20(28)18-16(22)13-27(25-18)12-14-6-3-2-4-7-14/h2-8,11,13,17,20,24,28H,9-10,12H2,1H3/t17-,20?/m0/s1. The zero-order chi connectivity index (χ0) is 20.4. The molecule has 1 aliphatic heterocycles. The number of likely N-dealkylation sites (N-methyl/N-ethyl adjacent to an activating group) is 1. The van der Waals surface area contributed by atoms with Crippen molar-refractivity contribution in [1.82, 2.24) is 20.1 Å². The average molecular weight is 395 g/mol. The number of rotatable bonds is 5. The number of halogens is 1. The van der Waals surface area contributed by atoms with Crippen molar-refractivity contribution >= 4 is 11.7 Å². The van der Waals surface area contributed by atoms with Gasteiger partial charge in [0.1, 0.15) is 11.5 Å². The number of nitrogens with zero attached hydrogens (tertiary/aromatic N) is 4. The number of amides is 1. The number of carbonyl (C=O) groups excluding carboxylic acids is 1. The third-order valence-corrected chi connectivity index (χ3v) is 5.06. The molecule has 1 unspecified atom stereocenters. The summed E-state index contributed by atoms with van der Waals surface area (Å²) in [6, 6.07) is 12.6. The molecule has 1 amide bonds. The van der Waals surface area contributed by atoms with Gasteiger partial charge in [0.25, 0.3) is 0 Å². The summed E-state index contributed by atoms with van der Waals surface area (Å²) >= 11 is 0. The highest BCUT2D eigenvalue weighted by molar-refractivity contribution is 5.97. The van der Waals surface area contributed by atoms with Crippen LogP contribution in [-0.4, -0.2) is 38.9 Å². The first-order chi connectivity index (χ1) is 14.0. The quantitative estimate of drug-likeness (QED) is 0.646. The molecule has 0 saturated heterocycles. The first-order valence-corrected chi connectivity index (χ1v) is 9.45. The van der Waals surface area contributed by atoms with Crippen molar-refractivity contribution in [2.45, 2.75) is 31.7 Å². The fourth-order valence-electron chi connectivity index (χ4n) is 3.56. The highest BCUT2D eigenvalue weighted by atomic mass is 19.1. The first-order valence-electron chi connectivity index (χ1n) is 9.45. The Balaban J connectivity index is 1.48. The number of carbonyl (C=O) groups is 1. The van der Waals surface area contributed by atoms with Gasteiger partial charge in [-0.1, -0.05) is 36.4 Å². The Morgan fingerprint density at radius 1 is 1.28 bits per heavy atom. The van der Waals surface area contributed by atoms with E-state index >= 15 is 0 Å². The van der Waals surface area contributed by atoms with Crippen molar-refractivity contribution in [1.29, 1.82) is 0 Å². The van der Waals surface area contributed by atoms with Gasteiger partial charge in [-0.05, 0) is 30.0 Å². The topological polar surface area (TPSA) is 83.3 Å². The van der Waals surface area contributed by atoms with Crippen LogP contribution in [0.4, 0.5) is 10.2 Å². The van der Waals surface area contributed by atoms with Gasteiger partial charge in [0.05, 0.1) is 18.8 Å². The highest BCUT2D eigenvalue weighted by Gasteiger charge is 2.31. The van der Waals surface area contributed by atoms with Crippen LogP contribution in [0, 0.1) is 5.82 Å². The second-order valence-electron chi connectivity index (χ2n) is 7.09. The van der Waals surface area contributed by atoms with Crippen LogP contribution in [0.2, 0.25) is 0 Å². The molecule has 0 spiro atoms. The van der Waals surface area contributed by atoms with Gasteiger partial charge in [-0.25, -0.2) is 9.37 Å². The van der Waals surface area contributed by atoms with Gasteiger partial charge >= 0.3 is 0 Å². The van der Waals surface area contributed by atoms with Crippen LogP contribution in [0.3, 0.4) is 0 Å². The van der Waals surface area contributed by atoms with Gasteiger partial charge in [0.2, 0.25) is 5.91 Å². The molecule has 2 N–H and O–H groups in total. The summed E-state index contributed by atoms with van der Waals surface area (Å²) < 4.78 is 15.8. The fourth-order valence-corrected chi connectivity index (χ4v) is 3.56. The molecule has 7 nitrogen and oxygen atoms in total. The average Bonchev–Trinajstić information content (AvgIpc) is 3.05. The van der Waals surface area contributed by atoms with Gasteiger partial charge in [-0.2, -0.15) is 5.10 Å². The van der Waals surface area contributed by atoms with Crippen LogP contribution in [0.5, 0.6) is 0 Å². The minimum Gasteiger partial charge on any atom is -0.372 e. The number of fused-ring (bicyclic) bond motifs is 1. The van der Waals surface area contributed by atoms with Gasteiger partial charge in [0.15, 0.2) is 12.0 Å². The summed E-state index contributed by atoms with van der Waals surface area (Å²) in [5, 5.41) is 17.5. The molecule has 0 aliphatic carbocycles. The lowest BCUT2D eigenvalue weighted by atomic mass is 10.1. The number of aryl methyl sites for hydroxylation is 1. The number of benzene rings is 1. The minimum absolute atomic E-state index is 0.128. The molecule has 0 fully saturated rings. The fraction of sp³-hybridized carbons (Fsp3) is 0.286. The lowest BCUT2D eigenvalue weighted by molar-refractivity contribution is -0.121. The third-order valence-electron chi connectivity index (χ3n) is 5.06. The Morgan fingerprint density at radius 2 is 2.07 bits per heavy atom. The Bertz CT molecular complexity index is 1010. The van der Waals surface area contributed by atoms with E-state index in [2.05, 4.69) is 15.4 Å². The SMILES string of the molecule is CN1C(=O)[C@@H](NC(O)c2nn(Cc3ccccc3)cc2F)CCc2cccnc21.